The lowest BCUT2D eigenvalue weighted by Gasteiger charge is -2.14. The van der Waals surface area contributed by atoms with Gasteiger partial charge in [-0.2, -0.15) is 0 Å². The third-order valence-electron chi connectivity index (χ3n) is 4.18. The zero-order valence-corrected chi connectivity index (χ0v) is 16.9. The van der Waals surface area contributed by atoms with E-state index in [4.69, 9.17) is 4.74 Å². The molecule has 31 heavy (non-hydrogen) atoms. The lowest BCUT2D eigenvalue weighted by Crippen LogP contribution is -2.19. The maximum Gasteiger partial charge on any atom is 0.271 e. The van der Waals surface area contributed by atoms with E-state index in [-0.39, 0.29) is 33.3 Å². The van der Waals surface area contributed by atoms with Gasteiger partial charge < -0.3 is 10.1 Å². The van der Waals surface area contributed by atoms with Crippen molar-refractivity contribution in [3.8, 4) is 5.75 Å². The van der Waals surface area contributed by atoms with Gasteiger partial charge in [-0.25, -0.2) is 12.8 Å². The summed E-state index contributed by atoms with van der Waals surface area (Å²) in [5.74, 6) is -1.14. The van der Waals surface area contributed by atoms with Gasteiger partial charge in [0.15, 0.2) is 0 Å². The summed E-state index contributed by atoms with van der Waals surface area (Å²) in [6.45, 7) is 0. The Labute approximate surface area is 176 Å². The lowest BCUT2D eigenvalue weighted by molar-refractivity contribution is -0.384. The Morgan fingerprint density at radius 3 is 2.35 bits per heavy atom. The van der Waals surface area contributed by atoms with E-state index in [1.165, 1.54) is 43.5 Å². The minimum absolute atomic E-state index is 0.0336. The molecular formula is C20H16FN3O6S. The van der Waals surface area contributed by atoms with E-state index >= 15 is 0 Å². The molecule has 3 aromatic carbocycles. The Hall–Kier alpha value is -3.99. The normalized spacial score (nSPS) is 10.9. The van der Waals surface area contributed by atoms with Crippen LogP contribution in [0.3, 0.4) is 0 Å². The average molecular weight is 445 g/mol. The fourth-order valence-electron chi connectivity index (χ4n) is 2.68. The fourth-order valence-corrected chi connectivity index (χ4v) is 3.76. The molecule has 0 atom stereocenters. The average Bonchev–Trinajstić information content (AvgIpc) is 2.74. The summed E-state index contributed by atoms with van der Waals surface area (Å²) in [4.78, 5) is 23.0. The minimum Gasteiger partial charge on any atom is -0.495 e. The van der Waals surface area contributed by atoms with Gasteiger partial charge in [-0.15, -0.1) is 0 Å². The molecule has 3 rings (SSSR count). The molecule has 0 bridgehead atoms. The van der Waals surface area contributed by atoms with Crippen LogP contribution in [0.25, 0.3) is 0 Å². The molecule has 0 heterocycles. The number of benzene rings is 3. The number of hydrogen-bond donors (Lipinski definition) is 2. The first-order valence-electron chi connectivity index (χ1n) is 8.72. The number of halogens is 1. The van der Waals surface area contributed by atoms with Crippen LogP contribution >= 0.6 is 0 Å². The number of nitrogens with one attached hydrogen (secondary N) is 2. The van der Waals surface area contributed by atoms with Crippen LogP contribution in [-0.2, 0) is 10.0 Å². The number of methoxy groups -OCH3 is 1. The number of ether oxygens (including phenoxy) is 1. The molecule has 0 radical (unpaired) electrons. The van der Waals surface area contributed by atoms with Gasteiger partial charge in [-0.1, -0.05) is 12.1 Å². The lowest BCUT2D eigenvalue weighted by atomic mass is 10.1. The minimum atomic E-state index is -4.10. The van der Waals surface area contributed by atoms with Crippen LogP contribution < -0.4 is 14.8 Å². The molecule has 1 amide bonds. The first-order valence-corrected chi connectivity index (χ1v) is 10.2. The predicted molar refractivity (Wildman–Crippen MR) is 111 cm³/mol. The number of rotatable bonds is 7. The van der Waals surface area contributed by atoms with E-state index in [1.807, 2.05) is 0 Å². The van der Waals surface area contributed by atoms with Crippen LogP contribution in [0.4, 0.5) is 21.5 Å². The number of non-ortho nitro benzene ring substituents is 1. The van der Waals surface area contributed by atoms with Crippen molar-refractivity contribution in [3.63, 3.8) is 0 Å². The first kappa shape index (κ1) is 21.7. The number of nitro groups is 1. The highest BCUT2D eigenvalue weighted by Crippen LogP contribution is 2.30. The number of carbonyl (C=O) groups excluding carboxylic acids is 1. The summed E-state index contributed by atoms with van der Waals surface area (Å²) >= 11 is 0. The topological polar surface area (TPSA) is 128 Å². The van der Waals surface area contributed by atoms with E-state index in [9.17, 15) is 27.7 Å². The third-order valence-corrected chi connectivity index (χ3v) is 5.56. The largest absolute Gasteiger partial charge is 0.495 e. The summed E-state index contributed by atoms with van der Waals surface area (Å²) in [7, 11) is -2.77. The first-order chi connectivity index (χ1) is 14.7. The molecule has 3 aromatic rings. The summed E-state index contributed by atoms with van der Waals surface area (Å²) < 4.78 is 45.7. The molecule has 0 saturated heterocycles. The molecule has 0 fully saturated rings. The third kappa shape index (κ3) is 4.95. The Bertz CT molecular complexity index is 1250. The molecule has 0 aliphatic heterocycles. The Morgan fingerprint density at radius 2 is 1.71 bits per heavy atom. The number of carbonyl (C=O) groups is 1. The van der Waals surface area contributed by atoms with E-state index in [2.05, 4.69) is 10.0 Å². The number of para-hydroxylation sites is 1. The van der Waals surface area contributed by atoms with Gasteiger partial charge in [0.2, 0.25) is 0 Å². The van der Waals surface area contributed by atoms with Crippen molar-refractivity contribution in [2.24, 2.45) is 0 Å². The standard InChI is InChI=1S/C20H16FN3O6S/c1-30-19-11-8-14(24(26)27)12-18(19)22-20(25)16-4-2-3-5-17(16)23-31(28,29)15-9-6-13(21)7-10-15/h2-12,23H,1H3,(H,22,25). The van der Waals surface area contributed by atoms with Crippen molar-refractivity contribution in [1.29, 1.82) is 0 Å². The molecule has 11 heteroatoms. The molecule has 9 nitrogen and oxygen atoms in total. The molecule has 0 aliphatic rings. The van der Waals surface area contributed by atoms with Crippen LogP contribution in [0.15, 0.2) is 71.6 Å². The van der Waals surface area contributed by atoms with Crippen LogP contribution in [0.5, 0.6) is 5.75 Å². The van der Waals surface area contributed by atoms with Gasteiger partial charge in [0.25, 0.3) is 21.6 Å². The Balaban J connectivity index is 1.92. The van der Waals surface area contributed by atoms with Gasteiger partial charge in [0.1, 0.15) is 11.6 Å². The van der Waals surface area contributed by atoms with Crippen molar-refractivity contribution in [3.05, 3.63) is 88.2 Å². The van der Waals surface area contributed by atoms with Crippen molar-refractivity contribution in [1.82, 2.24) is 0 Å². The van der Waals surface area contributed by atoms with Crippen molar-refractivity contribution < 1.29 is 27.3 Å². The monoisotopic (exact) mass is 445 g/mol. The Morgan fingerprint density at radius 1 is 1.03 bits per heavy atom. The number of amides is 1. The van der Waals surface area contributed by atoms with Gasteiger partial charge in [-0.3, -0.25) is 19.6 Å². The molecule has 0 saturated carbocycles. The highest BCUT2D eigenvalue weighted by molar-refractivity contribution is 7.92. The summed E-state index contributed by atoms with van der Waals surface area (Å²) in [5.41, 5.74) is -0.297. The highest BCUT2D eigenvalue weighted by Gasteiger charge is 2.20. The fraction of sp³-hybridized carbons (Fsp3) is 0.0500. The molecule has 0 spiro atoms. The van der Waals surface area contributed by atoms with Crippen LogP contribution in [0.1, 0.15) is 10.4 Å². The Kier molecular flexibility index (Phi) is 6.16. The second-order valence-electron chi connectivity index (χ2n) is 6.20. The van der Waals surface area contributed by atoms with Gasteiger partial charge in [0, 0.05) is 12.1 Å². The van der Waals surface area contributed by atoms with Gasteiger partial charge in [0.05, 0.1) is 33.9 Å². The molecule has 0 aromatic heterocycles. The maximum absolute atomic E-state index is 13.1. The number of sulfonamides is 1. The van der Waals surface area contributed by atoms with Crippen molar-refractivity contribution in [2.45, 2.75) is 4.90 Å². The zero-order chi connectivity index (χ0) is 22.6. The highest BCUT2D eigenvalue weighted by atomic mass is 32.2. The van der Waals surface area contributed by atoms with E-state index in [0.717, 1.165) is 30.3 Å². The molecule has 2 N–H and O–H groups in total. The second-order valence-corrected chi connectivity index (χ2v) is 7.88. The van der Waals surface area contributed by atoms with Gasteiger partial charge >= 0.3 is 0 Å². The second kappa shape index (κ2) is 8.79. The SMILES string of the molecule is COc1ccc([N+](=O)[O-])cc1NC(=O)c1ccccc1NS(=O)(=O)c1ccc(F)cc1. The van der Waals surface area contributed by atoms with E-state index in [1.54, 1.807) is 0 Å². The quantitative estimate of drug-likeness (QED) is 0.421. The number of nitrogens with zero attached hydrogens (tertiary/aromatic N) is 1. The molecule has 0 unspecified atom stereocenters. The summed E-state index contributed by atoms with van der Waals surface area (Å²) in [6, 6.07) is 13.7. The molecule has 0 aliphatic carbocycles. The molecule has 160 valence electrons. The maximum atomic E-state index is 13.1. The van der Waals surface area contributed by atoms with Crippen LogP contribution in [-0.4, -0.2) is 26.4 Å². The zero-order valence-electron chi connectivity index (χ0n) is 16.0. The van der Waals surface area contributed by atoms with Crippen molar-refractivity contribution in [2.75, 3.05) is 17.1 Å². The van der Waals surface area contributed by atoms with Gasteiger partial charge in [-0.05, 0) is 42.5 Å². The number of anilines is 2. The molecular weight excluding hydrogens is 429 g/mol. The summed E-state index contributed by atoms with van der Waals surface area (Å²) in [5, 5.41) is 13.5. The van der Waals surface area contributed by atoms with E-state index < -0.39 is 26.7 Å². The van der Waals surface area contributed by atoms with E-state index in [0.29, 0.717) is 0 Å². The predicted octanol–water partition coefficient (Wildman–Crippen LogP) is 3.80. The van der Waals surface area contributed by atoms with Crippen LogP contribution in [0, 0.1) is 15.9 Å². The smallest absolute Gasteiger partial charge is 0.271 e. The van der Waals surface area contributed by atoms with Crippen molar-refractivity contribution >= 4 is 33.0 Å². The number of nitro benzene ring substituents is 1. The number of hydrogen-bond acceptors (Lipinski definition) is 6. The van der Waals surface area contributed by atoms with Crippen LogP contribution in [0.2, 0.25) is 0 Å². The summed E-state index contributed by atoms with van der Waals surface area (Å²) in [6.07, 6.45) is 0.